The molecule has 7 nitrogen and oxygen atoms in total. The lowest BCUT2D eigenvalue weighted by Crippen LogP contribution is -2.39. The summed E-state index contributed by atoms with van der Waals surface area (Å²) in [5.74, 6) is -0.557. The van der Waals surface area contributed by atoms with Crippen molar-refractivity contribution < 1.29 is 19.5 Å². The van der Waals surface area contributed by atoms with Crippen LogP contribution in [0.5, 0.6) is 5.75 Å². The first kappa shape index (κ1) is 23.6. The zero-order valence-electron chi connectivity index (χ0n) is 19.4. The van der Waals surface area contributed by atoms with E-state index in [4.69, 9.17) is 11.6 Å². The molecule has 3 amide bonds. The molecule has 2 aliphatic heterocycles. The zero-order valence-corrected chi connectivity index (χ0v) is 20.2. The van der Waals surface area contributed by atoms with Crippen LogP contribution in [-0.4, -0.2) is 52.3 Å². The fourth-order valence-electron chi connectivity index (χ4n) is 4.44. The number of carbonyl (C=O) groups is 3. The molecule has 3 aromatic carbocycles. The smallest absolute Gasteiger partial charge is 0.254 e. The van der Waals surface area contributed by atoms with Gasteiger partial charge in [0.05, 0.1) is 12.2 Å². The Hall–Kier alpha value is -4.10. The molecule has 0 spiro atoms. The SMILES string of the molecule is O=C(c1ccc(CN2C(=O)CN(C(=O)c3ccc(Cl)cc3)Cc3ccc(O)cc32)cc1)N1CC=CC1. The van der Waals surface area contributed by atoms with E-state index < -0.39 is 0 Å². The van der Waals surface area contributed by atoms with E-state index in [0.29, 0.717) is 34.9 Å². The standard InChI is InChI=1S/C28H24ClN3O4/c29-23-10-7-21(8-11-23)28(36)31-17-22-9-12-24(33)15-25(22)32(26(34)18-31)16-19-3-5-20(6-4-19)27(35)30-13-1-2-14-30/h1-12,15,33H,13-14,16-18H2. The molecule has 0 saturated carbocycles. The van der Waals surface area contributed by atoms with E-state index in [2.05, 4.69) is 0 Å². The van der Waals surface area contributed by atoms with Gasteiger partial charge in [0.2, 0.25) is 5.91 Å². The fourth-order valence-corrected chi connectivity index (χ4v) is 4.56. The average molecular weight is 502 g/mol. The molecule has 5 rings (SSSR count). The number of rotatable bonds is 4. The Morgan fingerprint density at radius 1 is 0.806 bits per heavy atom. The number of benzene rings is 3. The maximum atomic E-state index is 13.4. The number of halogens is 1. The fraction of sp³-hybridized carbons (Fsp3) is 0.179. The Bertz CT molecular complexity index is 1340. The highest BCUT2D eigenvalue weighted by Gasteiger charge is 2.30. The van der Waals surface area contributed by atoms with E-state index in [1.54, 1.807) is 64.4 Å². The topological polar surface area (TPSA) is 81.2 Å². The molecule has 0 atom stereocenters. The quantitative estimate of drug-likeness (QED) is 0.542. The number of fused-ring (bicyclic) bond motifs is 1. The van der Waals surface area contributed by atoms with Crippen LogP contribution in [0.25, 0.3) is 0 Å². The Morgan fingerprint density at radius 2 is 1.42 bits per heavy atom. The molecule has 0 unspecified atom stereocenters. The van der Waals surface area contributed by atoms with Crippen LogP contribution in [-0.2, 0) is 17.9 Å². The van der Waals surface area contributed by atoms with Gasteiger partial charge in [-0.25, -0.2) is 0 Å². The van der Waals surface area contributed by atoms with Crippen LogP contribution >= 0.6 is 11.6 Å². The van der Waals surface area contributed by atoms with E-state index in [1.807, 2.05) is 24.3 Å². The number of hydrogen-bond acceptors (Lipinski definition) is 4. The number of carbonyl (C=O) groups excluding carboxylic acids is 3. The minimum atomic E-state index is -0.278. The summed E-state index contributed by atoms with van der Waals surface area (Å²) in [5.41, 5.74) is 3.15. The summed E-state index contributed by atoms with van der Waals surface area (Å²) in [6.45, 7) is 1.55. The lowest BCUT2D eigenvalue weighted by Gasteiger charge is -2.23. The van der Waals surface area contributed by atoms with Crippen LogP contribution in [0.15, 0.2) is 78.9 Å². The van der Waals surface area contributed by atoms with Gasteiger partial charge in [0.15, 0.2) is 0 Å². The third-order valence-corrected chi connectivity index (χ3v) is 6.63. The van der Waals surface area contributed by atoms with E-state index in [0.717, 1.165) is 11.1 Å². The first-order valence-electron chi connectivity index (χ1n) is 11.6. The predicted octanol–water partition coefficient (Wildman–Crippen LogP) is 4.25. The molecule has 8 heteroatoms. The lowest BCUT2D eigenvalue weighted by atomic mass is 10.1. The molecule has 36 heavy (non-hydrogen) atoms. The summed E-state index contributed by atoms with van der Waals surface area (Å²) >= 11 is 5.96. The first-order valence-corrected chi connectivity index (χ1v) is 12.0. The second-order valence-electron chi connectivity index (χ2n) is 8.84. The Kier molecular flexibility index (Phi) is 6.48. The number of hydrogen-bond donors (Lipinski definition) is 1. The van der Waals surface area contributed by atoms with Crippen LogP contribution < -0.4 is 4.90 Å². The normalized spacial score (nSPS) is 15.1. The van der Waals surface area contributed by atoms with Crippen LogP contribution in [0.4, 0.5) is 5.69 Å². The summed E-state index contributed by atoms with van der Waals surface area (Å²) in [6.07, 6.45) is 3.93. The van der Waals surface area contributed by atoms with Gasteiger partial charge < -0.3 is 19.8 Å². The second kappa shape index (κ2) is 9.87. The minimum absolute atomic E-state index is 0.0317. The van der Waals surface area contributed by atoms with E-state index in [1.165, 1.54) is 4.90 Å². The Morgan fingerprint density at radius 3 is 2.08 bits per heavy atom. The monoisotopic (exact) mass is 501 g/mol. The van der Waals surface area contributed by atoms with Gasteiger partial charge in [0, 0.05) is 41.9 Å². The summed E-state index contributed by atoms with van der Waals surface area (Å²) in [6, 6.07) is 18.5. The summed E-state index contributed by atoms with van der Waals surface area (Å²) < 4.78 is 0. The molecule has 0 fully saturated rings. The van der Waals surface area contributed by atoms with Gasteiger partial charge in [-0.1, -0.05) is 42.0 Å². The summed E-state index contributed by atoms with van der Waals surface area (Å²) in [7, 11) is 0. The van der Waals surface area contributed by atoms with Crippen molar-refractivity contribution in [2.75, 3.05) is 24.5 Å². The molecular weight excluding hydrogens is 478 g/mol. The van der Waals surface area contributed by atoms with Crippen LogP contribution in [0, 0.1) is 0 Å². The predicted molar refractivity (Wildman–Crippen MR) is 137 cm³/mol. The van der Waals surface area contributed by atoms with Gasteiger partial charge in [-0.2, -0.15) is 0 Å². The molecule has 2 aliphatic rings. The maximum Gasteiger partial charge on any atom is 0.254 e. The summed E-state index contributed by atoms with van der Waals surface area (Å²) in [4.78, 5) is 44.0. The highest BCUT2D eigenvalue weighted by atomic mass is 35.5. The maximum absolute atomic E-state index is 13.4. The van der Waals surface area contributed by atoms with Gasteiger partial charge >= 0.3 is 0 Å². The van der Waals surface area contributed by atoms with E-state index in [9.17, 15) is 19.5 Å². The van der Waals surface area contributed by atoms with Crippen molar-refractivity contribution in [2.24, 2.45) is 0 Å². The molecule has 1 N–H and O–H groups in total. The molecule has 3 aromatic rings. The van der Waals surface area contributed by atoms with Gasteiger partial charge in [-0.3, -0.25) is 14.4 Å². The van der Waals surface area contributed by atoms with Crippen molar-refractivity contribution >= 4 is 35.0 Å². The molecule has 2 heterocycles. The number of anilines is 1. The second-order valence-corrected chi connectivity index (χ2v) is 9.28. The number of phenolic OH excluding ortho intramolecular Hbond substituents is 1. The average Bonchev–Trinajstić information content (AvgIpc) is 3.39. The summed E-state index contributed by atoms with van der Waals surface area (Å²) in [5, 5.41) is 10.7. The number of phenols is 1. The van der Waals surface area contributed by atoms with Crippen LogP contribution in [0.1, 0.15) is 31.8 Å². The van der Waals surface area contributed by atoms with E-state index in [-0.39, 0.29) is 43.1 Å². The van der Waals surface area contributed by atoms with Crippen molar-refractivity contribution in [3.05, 3.63) is 106 Å². The van der Waals surface area contributed by atoms with Gasteiger partial charge in [-0.05, 0) is 53.6 Å². The Labute approximate surface area is 213 Å². The highest BCUT2D eigenvalue weighted by Crippen LogP contribution is 2.31. The van der Waals surface area contributed by atoms with Crippen LogP contribution in [0.3, 0.4) is 0 Å². The molecule has 0 saturated heterocycles. The third-order valence-electron chi connectivity index (χ3n) is 6.37. The number of aromatic hydroxyl groups is 1. The van der Waals surface area contributed by atoms with Crippen molar-refractivity contribution in [1.82, 2.24) is 9.80 Å². The third kappa shape index (κ3) is 4.83. The van der Waals surface area contributed by atoms with Gasteiger partial charge in [0.1, 0.15) is 12.3 Å². The van der Waals surface area contributed by atoms with Crippen molar-refractivity contribution in [3.8, 4) is 5.75 Å². The Balaban J connectivity index is 1.39. The van der Waals surface area contributed by atoms with E-state index >= 15 is 0 Å². The largest absolute Gasteiger partial charge is 0.508 e. The van der Waals surface area contributed by atoms with Crippen molar-refractivity contribution in [3.63, 3.8) is 0 Å². The molecular formula is C28H24ClN3O4. The van der Waals surface area contributed by atoms with Gasteiger partial charge in [0.25, 0.3) is 11.8 Å². The van der Waals surface area contributed by atoms with Crippen molar-refractivity contribution in [2.45, 2.75) is 13.1 Å². The molecule has 0 aromatic heterocycles. The molecule has 0 aliphatic carbocycles. The highest BCUT2D eigenvalue weighted by molar-refractivity contribution is 6.30. The lowest BCUT2D eigenvalue weighted by molar-refractivity contribution is -0.119. The zero-order chi connectivity index (χ0) is 25.2. The minimum Gasteiger partial charge on any atom is -0.508 e. The number of amides is 3. The van der Waals surface area contributed by atoms with Crippen LogP contribution in [0.2, 0.25) is 5.02 Å². The molecule has 0 bridgehead atoms. The molecule has 182 valence electrons. The number of nitrogens with zero attached hydrogens (tertiary/aromatic N) is 3. The van der Waals surface area contributed by atoms with Gasteiger partial charge in [-0.15, -0.1) is 0 Å². The van der Waals surface area contributed by atoms with Crippen molar-refractivity contribution in [1.29, 1.82) is 0 Å². The molecule has 0 radical (unpaired) electrons. The first-order chi connectivity index (χ1) is 17.4.